The van der Waals surface area contributed by atoms with Crippen LogP contribution in [0.3, 0.4) is 0 Å². The van der Waals surface area contributed by atoms with Crippen molar-refractivity contribution in [2.75, 3.05) is 4.90 Å². The first-order chi connectivity index (χ1) is 22.8. The molecule has 1 heterocycles. The SMILES string of the molecule is C1=C(c2ccc(-n3c4ccc5ccccc5c4c4c5ccccc5ccc43)cc2)CCC(N(c2ccccc2)c2ccccc2)=C1. The second-order valence-corrected chi connectivity index (χ2v) is 12.1. The highest BCUT2D eigenvalue weighted by molar-refractivity contribution is 6.28. The number of anilines is 2. The Bertz CT molecular complexity index is 2310. The van der Waals surface area contributed by atoms with Crippen LogP contribution in [0, 0.1) is 0 Å². The van der Waals surface area contributed by atoms with Crippen LogP contribution in [0.1, 0.15) is 18.4 Å². The van der Waals surface area contributed by atoms with Gasteiger partial charge in [-0.3, -0.25) is 0 Å². The lowest BCUT2D eigenvalue weighted by atomic mass is 9.94. The third-order valence-electron chi connectivity index (χ3n) is 9.49. The van der Waals surface area contributed by atoms with Crippen LogP contribution in [-0.4, -0.2) is 4.57 Å². The molecular weight excluding hydrogens is 556 g/mol. The summed E-state index contributed by atoms with van der Waals surface area (Å²) in [6.07, 6.45) is 6.58. The largest absolute Gasteiger partial charge is 0.314 e. The first kappa shape index (κ1) is 26.5. The summed E-state index contributed by atoms with van der Waals surface area (Å²) in [6.45, 7) is 0. The van der Waals surface area contributed by atoms with E-state index in [4.69, 9.17) is 0 Å². The Kier molecular flexibility index (Phi) is 6.31. The zero-order valence-electron chi connectivity index (χ0n) is 25.5. The standard InChI is InChI=1S/C44H32N2/c1-3-13-35(14-4-1)45(36-15-5-2-6-16-36)37-25-19-31(20-26-37)32-21-27-38(28-22-32)46-41-29-23-33-11-7-9-17-39(33)43(41)44-40-18-10-8-12-34(40)24-30-42(44)46/h1-19,21-25,27-30H,20,26H2. The minimum absolute atomic E-state index is 0.977. The molecule has 0 radical (unpaired) electrons. The molecule has 0 aliphatic heterocycles. The summed E-state index contributed by atoms with van der Waals surface area (Å²) >= 11 is 0. The first-order valence-electron chi connectivity index (χ1n) is 16.1. The lowest BCUT2D eigenvalue weighted by molar-refractivity contribution is 0.930. The molecule has 0 unspecified atom stereocenters. The maximum absolute atomic E-state index is 2.44. The minimum Gasteiger partial charge on any atom is -0.314 e. The van der Waals surface area contributed by atoms with Gasteiger partial charge in [0.05, 0.1) is 11.0 Å². The lowest BCUT2D eigenvalue weighted by Crippen LogP contribution is -2.17. The Morgan fingerprint density at radius 1 is 0.435 bits per heavy atom. The Morgan fingerprint density at radius 3 is 1.48 bits per heavy atom. The smallest absolute Gasteiger partial charge is 0.0547 e. The maximum Gasteiger partial charge on any atom is 0.0547 e. The van der Waals surface area contributed by atoms with Gasteiger partial charge in [-0.1, -0.05) is 115 Å². The van der Waals surface area contributed by atoms with Gasteiger partial charge < -0.3 is 9.47 Å². The number of aromatic nitrogens is 1. The van der Waals surface area contributed by atoms with Gasteiger partial charge in [0.15, 0.2) is 0 Å². The fourth-order valence-corrected chi connectivity index (χ4v) is 7.34. The van der Waals surface area contributed by atoms with Gasteiger partial charge in [0, 0.05) is 33.5 Å². The number of para-hydroxylation sites is 2. The summed E-state index contributed by atoms with van der Waals surface area (Å²) in [5.74, 6) is 0. The average molecular weight is 589 g/mol. The van der Waals surface area contributed by atoms with E-state index in [9.17, 15) is 0 Å². The van der Waals surface area contributed by atoms with Crippen molar-refractivity contribution in [1.29, 1.82) is 0 Å². The quantitative estimate of drug-likeness (QED) is 0.194. The molecule has 1 aromatic heterocycles. The molecule has 218 valence electrons. The van der Waals surface area contributed by atoms with Gasteiger partial charge in [-0.2, -0.15) is 0 Å². The molecule has 0 fully saturated rings. The number of allylic oxidation sites excluding steroid dienone is 4. The van der Waals surface area contributed by atoms with E-state index in [0.717, 1.165) is 12.8 Å². The van der Waals surface area contributed by atoms with Crippen molar-refractivity contribution in [2.45, 2.75) is 12.8 Å². The van der Waals surface area contributed by atoms with Gasteiger partial charge in [-0.25, -0.2) is 0 Å². The van der Waals surface area contributed by atoms with Gasteiger partial charge in [0.1, 0.15) is 0 Å². The number of nitrogens with zero attached hydrogens (tertiary/aromatic N) is 2. The molecule has 0 amide bonds. The monoisotopic (exact) mass is 588 g/mol. The van der Waals surface area contributed by atoms with E-state index in [0.29, 0.717) is 0 Å². The summed E-state index contributed by atoms with van der Waals surface area (Å²) in [5.41, 5.74) is 10.00. The molecule has 0 bridgehead atoms. The Balaban J connectivity index is 1.13. The molecule has 0 atom stereocenters. The summed E-state index contributed by atoms with van der Waals surface area (Å²) in [4.78, 5) is 2.38. The zero-order chi connectivity index (χ0) is 30.5. The first-order valence-corrected chi connectivity index (χ1v) is 16.1. The van der Waals surface area contributed by atoms with Gasteiger partial charge in [0.2, 0.25) is 0 Å². The second-order valence-electron chi connectivity index (χ2n) is 12.1. The molecule has 46 heavy (non-hydrogen) atoms. The Hall–Kier alpha value is -5.86. The molecular formula is C44H32N2. The van der Waals surface area contributed by atoms with Crippen molar-refractivity contribution in [3.8, 4) is 5.69 Å². The lowest BCUT2D eigenvalue weighted by Gasteiger charge is -2.30. The normalized spacial score (nSPS) is 13.3. The second kappa shape index (κ2) is 10.9. The van der Waals surface area contributed by atoms with Crippen molar-refractivity contribution < 1.29 is 0 Å². The third-order valence-corrected chi connectivity index (χ3v) is 9.49. The van der Waals surface area contributed by atoms with E-state index >= 15 is 0 Å². The summed E-state index contributed by atoms with van der Waals surface area (Å²) in [5, 5.41) is 7.78. The number of hydrogen-bond donors (Lipinski definition) is 0. The molecule has 0 saturated carbocycles. The van der Waals surface area contributed by atoms with Crippen molar-refractivity contribution in [3.63, 3.8) is 0 Å². The predicted molar refractivity (Wildman–Crippen MR) is 196 cm³/mol. The fraction of sp³-hybridized carbons (Fsp3) is 0.0455. The number of hydrogen-bond acceptors (Lipinski definition) is 1. The van der Waals surface area contributed by atoms with Gasteiger partial charge in [-0.15, -0.1) is 0 Å². The molecule has 0 saturated heterocycles. The highest BCUT2D eigenvalue weighted by Gasteiger charge is 2.19. The third kappa shape index (κ3) is 4.34. The molecule has 0 spiro atoms. The zero-order valence-corrected chi connectivity index (χ0v) is 25.5. The molecule has 2 heteroatoms. The van der Waals surface area contributed by atoms with Gasteiger partial charge >= 0.3 is 0 Å². The molecule has 7 aromatic carbocycles. The van der Waals surface area contributed by atoms with Crippen LogP contribution in [-0.2, 0) is 0 Å². The molecule has 9 rings (SSSR count). The van der Waals surface area contributed by atoms with Crippen molar-refractivity contribution in [1.82, 2.24) is 4.57 Å². The average Bonchev–Trinajstić information content (AvgIpc) is 3.48. The molecule has 1 aliphatic rings. The van der Waals surface area contributed by atoms with E-state index in [-0.39, 0.29) is 0 Å². The van der Waals surface area contributed by atoms with Crippen LogP contribution in [0.2, 0.25) is 0 Å². The van der Waals surface area contributed by atoms with Crippen molar-refractivity contribution in [2.24, 2.45) is 0 Å². The van der Waals surface area contributed by atoms with Crippen molar-refractivity contribution in [3.05, 3.63) is 181 Å². The van der Waals surface area contributed by atoms with Crippen LogP contribution in [0.4, 0.5) is 11.4 Å². The number of benzene rings is 7. The number of fused-ring (bicyclic) bond motifs is 7. The van der Waals surface area contributed by atoms with Crippen molar-refractivity contribution >= 4 is 60.3 Å². The van der Waals surface area contributed by atoms with Gasteiger partial charge in [0.25, 0.3) is 0 Å². The topological polar surface area (TPSA) is 8.17 Å². The van der Waals surface area contributed by atoms with E-state index in [1.165, 1.54) is 77.2 Å². The molecule has 8 aromatic rings. The van der Waals surface area contributed by atoms with Crippen LogP contribution < -0.4 is 4.90 Å². The van der Waals surface area contributed by atoms with E-state index in [1.54, 1.807) is 0 Å². The maximum atomic E-state index is 2.44. The van der Waals surface area contributed by atoms with Crippen LogP contribution >= 0.6 is 0 Å². The minimum atomic E-state index is 0.977. The Morgan fingerprint density at radius 2 is 0.957 bits per heavy atom. The Labute approximate surface area is 268 Å². The highest BCUT2D eigenvalue weighted by Crippen LogP contribution is 2.41. The highest BCUT2D eigenvalue weighted by atomic mass is 15.1. The molecule has 0 N–H and O–H groups in total. The van der Waals surface area contributed by atoms with Crippen LogP contribution in [0.5, 0.6) is 0 Å². The van der Waals surface area contributed by atoms with E-state index in [1.807, 2.05) is 0 Å². The molecule has 1 aliphatic carbocycles. The van der Waals surface area contributed by atoms with E-state index in [2.05, 4.69) is 179 Å². The van der Waals surface area contributed by atoms with Gasteiger partial charge in [-0.05, 0) is 100 Å². The summed E-state index contributed by atoms with van der Waals surface area (Å²) < 4.78 is 2.44. The van der Waals surface area contributed by atoms with E-state index < -0.39 is 0 Å². The van der Waals surface area contributed by atoms with Crippen LogP contribution in [0.15, 0.2) is 176 Å². The predicted octanol–water partition coefficient (Wildman–Crippen LogP) is 12.0. The van der Waals surface area contributed by atoms with Crippen LogP contribution in [0.25, 0.3) is 54.6 Å². The number of rotatable bonds is 5. The fourth-order valence-electron chi connectivity index (χ4n) is 7.34. The summed E-state index contributed by atoms with van der Waals surface area (Å²) in [7, 11) is 0. The summed E-state index contributed by atoms with van der Waals surface area (Å²) in [6, 6.07) is 57.1. The molecule has 2 nitrogen and oxygen atoms in total.